The summed E-state index contributed by atoms with van der Waals surface area (Å²) in [5, 5.41) is 10.3. The molecule has 1 N–H and O–H groups in total. The lowest BCUT2D eigenvalue weighted by Crippen LogP contribution is -2.52. The molecule has 2 aliphatic heterocycles. The van der Waals surface area contributed by atoms with Crippen LogP contribution in [0.15, 0.2) is 24.3 Å². The molecule has 1 aliphatic carbocycles. The second-order valence-corrected chi connectivity index (χ2v) is 5.84. The minimum absolute atomic E-state index is 0.0301. The molecule has 1 saturated heterocycles. The molecule has 1 aromatic rings. The maximum absolute atomic E-state index is 12.6. The Bertz CT molecular complexity index is 490. The van der Waals surface area contributed by atoms with E-state index in [1.165, 1.54) is 11.1 Å². The molecule has 94 valence electrons. The SMILES string of the molecule is O=C(N1C2CCC1c1ccccc12)C1(O)CCC1. The Morgan fingerprint density at radius 2 is 1.72 bits per heavy atom. The smallest absolute Gasteiger partial charge is 0.255 e. The fourth-order valence-corrected chi connectivity index (χ4v) is 3.79. The van der Waals surface area contributed by atoms with Gasteiger partial charge in [-0.15, -0.1) is 0 Å². The summed E-state index contributed by atoms with van der Waals surface area (Å²) in [4.78, 5) is 14.5. The fraction of sp³-hybridized carbons (Fsp3) is 0.533. The van der Waals surface area contributed by atoms with Gasteiger partial charge in [-0.3, -0.25) is 4.79 Å². The van der Waals surface area contributed by atoms with Crippen molar-refractivity contribution in [2.45, 2.75) is 49.8 Å². The second-order valence-electron chi connectivity index (χ2n) is 5.84. The molecule has 3 nitrogen and oxygen atoms in total. The van der Waals surface area contributed by atoms with Crippen molar-refractivity contribution in [3.63, 3.8) is 0 Å². The second kappa shape index (κ2) is 3.35. The van der Waals surface area contributed by atoms with Crippen LogP contribution in [-0.4, -0.2) is 21.5 Å². The van der Waals surface area contributed by atoms with Crippen molar-refractivity contribution in [1.82, 2.24) is 4.90 Å². The zero-order valence-corrected chi connectivity index (χ0v) is 10.3. The van der Waals surface area contributed by atoms with Gasteiger partial charge in [-0.05, 0) is 43.2 Å². The number of amides is 1. The predicted octanol–water partition coefficient (Wildman–Crippen LogP) is 2.32. The van der Waals surface area contributed by atoms with Crippen molar-refractivity contribution in [3.8, 4) is 0 Å². The highest BCUT2D eigenvalue weighted by Gasteiger charge is 2.53. The van der Waals surface area contributed by atoms with Crippen molar-refractivity contribution in [3.05, 3.63) is 35.4 Å². The quantitative estimate of drug-likeness (QED) is 0.822. The minimum atomic E-state index is -1.05. The van der Waals surface area contributed by atoms with Crippen LogP contribution >= 0.6 is 0 Å². The van der Waals surface area contributed by atoms with Crippen LogP contribution in [0.3, 0.4) is 0 Å². The number of benzene rings is 1. The summed E-state index contributed by atoms with van der Waals surface area (Å²) < 4.78 is 0. The van der Waals surface area contributed by atoms with E-state index in [1.807, 2.05) is 17.0 Å². The van der Waals surface area contributed by atoms with E-state index < -0.39 is 5.60 Å². The Morgan fingerprint density at radius 3 is 2.17 bits per heavy atom. The van der Waals surface area contributed by atoms with Crippen LogP contribution in [0.4, 0.5) is 0 Å². The standard InChI is InChI=1S/C15H17NO2/c17-14(15(18)8-3-9-15)16-12-6-7-13(16)11-5-2-1-4-10(11)12/h1-2,4-5,12-13,18H,3,6-9H2. The molecule has 2 unspecified atom stereocenters. The summed E-state index contributed by atoms with van der Waals surface area (Å²) in [6.07, 6.45) is 4.33. The predicted molar refractivity (Wildman–Crippen MR) is 66.8 cm³/mol. The normalized spacial score (nSPS) is 31.1. The third kappa shape index (κ3) is 1.15. The summed E-state index contributed by atoms with van der Waals surface area (Å²) in [6, 6.07) is 8.77. The number of nitrogens with zero attached hydrogens (tertiary/aromatic N) is 1. The van der Waals surface area contributed by atoms with Crippen LogP contribution in [0, 0.1) is 0 Å². The first-order valence-corrected chi connectivity index (χ1v) is 6.85. The van der Waals surface area contributed by atoms with Gasteiger partial charge < -0.3 is 10.0 Å². The maximum Gasteiger partial charge on any atom is 0.255 e. The lowest BCUT2D eigenvalue weighted by molar-refractivity contribution is -0.163. The third-order valence-electron chi connectivity index (χ3n) is 4.91. The van der Waals surface area contributed by atoms with E-state index in [0.29, 0.717) is 12.8 Å². The number of fused-ring (bicyclic) bond motifs is 5. The summed E-state index contributed by atoms with van der Waals surface area (Å²) in [5.41, 5.74) is 1.54. The molecule has 0 spiro atoms. The van der Waals surface area contributed by atoms with E-state index in [0.717, 1.165) is 19.3 Å². The van der Waals surface area contributed by atoms with Gasteiger partial charge in [0.05, 0.1) is 12.1 Å². The van der Waals surface area contributed by atoms with E-state index in [4.69, 9.17) is 0 Å². The van der Waals surface area contributed by atoms with E-state index in [2.05, 4.69) is 12.1 Å². The molecule has 3 aliphatic rings. The van der Waals surface area contributed by atoms with Crippen LogP contribution in [0.25, 0.3) is 0 Å². The largest absolute Gasteiger partial charge is 0.380 e. The van der Waals surface area contributed by atoms with Gasteiger partial charge in [0.2, 0.25) is 0 Å². The molecule has 2 atom stereocenters. The monoisotopic (exact) mass is 243 g/mol. The number of carbonyl (C=O) groups is 1. The van der Waals surface area contributed by atoms with Gasteiger partial charge in [0.15, 0.2) is 0 Å². The molecule has 3 heteroatoms. The van der Waals surface area contributed by atoms with Crippen LogP contribution in [0.1, 0.15) is 55.3 Å². The van der Waals surface area contributed by atoms with Gasteiger partial charge >= 0.3 is 0 Å². The minimum Gasteiger partial charge on any atom is -0.380 e. The average molecular weight is 243 g/mol. The maximum atomic E-state index is 12.6. The van der Waals surface area contributed by atoms with Gasteiger partial charge in [-0.25, -0.2) is 0 Å². The molecular formula is C15H17NO2. The Kier molecular flexibility index (Phi) is 1.97. The van der Waals surface area contributed by atoms with Crippen LogP contribution in [0.2, 0.25) is 0 Å². The lowest BCUT2D eigenvalue weighted by atomic mass is 9.79. The first-order chi connectivity index (χ1) is 8.71. The first kappa shape index (κ1) is 10.6. The molecule has 18 heavy (non-hydrogen) atoms. The van der Waals surface area contributed by atoms with E-state index in [9.17, 15) is 9.90 Å². The summed E-state index contributed by atoms with van der Waals surface area (Å²) in [7, 11) is 0. The average Bonchev–Trinajstić information content (AvgIpc) is 2.92. The van der Waals surface area contributed by atoms with E-state index >= 15 is 0 Å². The zero-order valence-electron chi connectivity index (χ0n) is 10.3. The van der Waals surface area contributed by atoms with Crippen LogP contribution in [-0.2, 0) is 4.79 Å². The number of hydrogen-bond donors (Lipinski definition) is 1. The molecular weight excluding hydrogens is 226 g/mol. The summed E-state index contributed by atoms with van der Waals surface area (Å²) in [5.74, 6) is -0.0301. The van der Waals surface area contributed by atoms with Crippen molar-refractivity contribution >= 4 is 5.91 Å². The van der Waals surface area contributed by atoms with Crippen molar-refractivity contribution in [2.24, 2.45) is 0 Å². The van der Waals surface area contributed by atoms with Gasteiger partial charge in [-0.1, -0.05) is 24.3 Å². The molecule has 4 rings (SSSR count). The number of aliphatic hydroxyl groups is 1. The van der Waals surface area contributed by atoms with Crippen molar-refractivity contribution in [2.75, 3.05) is 0 Å². The van der Waals surface area contributed by atoms with Crippen molar-refractivity contribution in [1.29, 1.82) is 0 Å². The number of carbonyl (C=O) groups excluding carboxylic acids is 1. The summed E-state index contributed by atoms with van der Waals surface area (Å²) in [6.45, 7) is 0. The summed E-state index contributed by atoms with van der Waals surface area (Å²) >= 11 is 0. The van der Waals surface area contributed by atoms with Gasteiger partial charge in [0.25, 0.3) is 5.91 Å². The topological polar surface area (TPSA) is 40.5 Å². The molecule has 2 fully saturated rings. The number of hydrogen-bond acceptors (Lipinski definition) is 2. The molecule has 1 amide bonds. The molecule has 1 saturated carbocycles. The van der Waals surface area contributed by atoms with Gasteiger partial charge in [0, 0.05) is 0 Å². The lowest BCUT2D eigenvalue weighted by Gasteiger charge is -2.39. The first-order valence-electron chi connectivity index (χ1n) is 6.85. The van der Waals surface area contributed by atoms with Crippen LogP contribution in [0.5, 0.6) is 0 Å². The molecule has 1 aromatic carbocycles. The highest BCUT2D eigenvalue weighted by molar-refractivity contribution is 5.87. The Labute approximate surface area is 106 Å². The highest BCUT2D eigenvalue weighted by Crippen LogP contribution is 2.54. The van der Waals surface area contributed by atoms with Crippen molar-refractivity contribution < 1.29 is 9.90 Å². The number of rotatable bonds is 1. The highest BCUT2D eigenvalue weighted by atomic mass is 16.3. The molecule has 2 bridgehead atoms. The molecule has 2 heterocycles. The Hall–Kier alpha value is -1.35. The Morgan fingerprint density at radius 1 is 1.17 bits per heavy atom. The Balaban J connectivity index is 1.72. The van der Waals surface area contributed by atoms with Gasteiger partial charge in [0.1, 0.15) is 5.60 Å². The van der Waals surface area contributed by atoms with Crippen LogP contribution < -0.4 is 0 Å². The van der Waals surface area contributed by atoms with Gasteiger partial charge in [-0.2, -0.15) is 0 Å². The molecule has 0 radical (unpaired) electrons. The third-order valence-corrected chi connectivity index (χ3v) is 4.91. The fourth-order valence-electron chi connectivity index (χ4n) is 3.79. The molecule has 0 aromatic heterocycles. The van der Waals surface area contributed by atoms with E-state index in [1.54, 1.807) is 0 Å². The zero-order chi connectivity index (χ0) is 12.3. The van der Waals surface area contributed by atoms with E-state index in [-0.39, 0.29) is 18.0 Å².